The van der Waals surface area contributed by atoms with Crippen molar-refractivity contribution < 1.29 is 14.3 Å². The van der Waals surface area contributed by atoms with Gasteiger partial charge >= 0.3 is 0 Å². The monoisotopic (exact) mass is 282 g/mol. The van der Waals surface area contributed by atoms with Crippen molar-refractivity contribution in [2.45, 2.75) is 12.8 Å². The second-order valence-corrected chi connectivity index (χ2v) is 4.42. The van der Waals surface area contributed by atoms with Gasteiger partial charge in [-0.1, -0.05) is 12.2 Å². The zero-order valence-corrected chi connectivity index (χ0v) is 11.9. The lowest BCUT2D eigenvalue weighted by atomic mass is 10.2. The molecule has 19 heavy (non-hydrogen) atoms. The molecule has 0 aliphatic carbocycles. The molecule has 0 bridgehead atoms. The summed E-state index contributed by atoms with van der Waals surface area (Å²) in [4.78, 5) is 12.3. The van der Waals surface area contributed by atoms with Crippen molar-refractivity contribution in [1.82, 2.24) is 5.32 Å². The van der Waals surface area contributed by atoms with Crippen LogP contribution in [0.3, 0.4) is 0 Å². The van der Waals surface area contributed by atoms with Crippen molar-refractivity contribution >= 4 is 23.1 Å². The number of benzene rings is 1. The van der Waals surface area contributed by atoms with Crippen LogP contribution in [-0.2, 0) is 0 Å². The molecule has 0 spiro atoms. The van der Waals surface area contributed by atoms with Crippen LogP contribution in [0.2, 0.25) is 0 Å². The Kier molecular flexibility index (Phi) is 6.08. The van der Waals surface area contributed by atoms with Gasteiger partial charge in [0.15, 0.2) is 11.5 Å². The third-order valence-electron chi connectivity index (χ3n) is 2.53. The van der Waals surface area contributed by atoms with Gasteiger partial charge in [-0.3, -0.25) is 4.79 Å². The summed E-state index contributed by atoms with van der Waals surface area (Å²) < 4.78 is 10.3. The second-order valence-electron chi connectivity index (χ2n) is 3.90. The number of nitrogens with one attached hydrogen (secondary N) is 1. The van der Waals surface area contributed by atoms with Crippen LogP contribution in [0.25, 0.3) is 0 Å². The average Bonchev–Trinajstić information content (AvgIpc) is 2.42. The maximum Gasteiger partial charge on any atom is 0.251 e. The van der Waals surface area contributed by atoms with Crippen LogP contribution in [0.5, 0.6) is 11.5 Å². The van der Waals surface area contributed by atoms with Crippen LogP contribution < -0.4 is 20.5 Å². The fourth-order valence-electron chi connectivity index (χ4n) is 1.54. The van der Waals surface area contributed by atoms with Crippen molar-refractivity contribution in [3.8, 4) is 11.5 Å². The topological polar surface area (TPSA) is 73.6 Å². The summed E-state index contributed by atoms with van der Waals surface area (Å²) in [5, 5.41) is 2.79. The summed E-state index contributed by atoms with van der Waals surface area (Å²) in [6.07, 6.45) is 1.36. The molecule has 0 fully saturated rings. The molecule has 6 heteroatoms. The molecule has 104 valence electrons. The molecule has 1 aromatic rings. The van der Waals surface area contributed by atoms with Crippen LogP contribution in [-0.4, -0.2) is 31.7 Å². The van der Waals surface area contributed by atoms with Gasteiger partial charge in [0.2, 0.25) is 0 Å². The number of ether oxygens (including phenoxy) is 2. The number of nitrogens with two attached hydrogens (primary N) is 1. The van der Waals surface area contributed by atoms with Crippen molar-refractivity contribution in [2.75, 3.05) is 20.8 Å². The molecule has 0 heterocycles. The predicted molar refractivity (Wildman–Crippen MR) is 77.9 cm³/mol. The van der Waals surface area contributed by atoms with Crippen molar-refractivity contribution in [3.63, 3.8) is 0 Å². The third kappa shape index (κ3) is 4.75. The molecule has 0 saturated heterocycles. The molecule has 0 aromatic heterocycles. The Bertz CT molecular complexity index is 463. The van der Waals surface area contributed by atoms with E-state index in [1.54, 1.807) is 25.3 Å². The summed E-state index contributed by atoms with van der Waals surface area (Å²) in [6, 6.07) is 5.02. The highest BCUT2D eigenvalue weighted by molar-refractivity contribution is 7.80. The van der Waals surface area contributed by atoms with Crippen LogP contribution in [0.4, 0.5) is 0 Å². The van der Waals surface area contributed by atoms with Gasteiger partial charge in [0, 0.05) is 12.1 Å². The zero-order chi connectivity index (χ0) is 14.3. The quantitative estimate of drug-likeness (QED) is 0.585. The lowest BCUT2D eigenvalue weighted by Gasteiger charge is -2.10. The lowest BCUT2D eigenvalue weighted by Crippen LogP contribution is -2.25. The average molecular weight is 282 g/mol. The SMILES string of the molecule is COc1ccc(C(=O)NCCCC(N)=S)cc1OC. The van der Waals surface area contributed by atoms with E-state index >= 15 is 0 Å². The van der Waals surface area contributed by atoms with Gasteiger partial charge in [-0.05, 0) is 31.0 Å². The third-order valence-corrected chi connectivity index (χ3v) is 2.74. The normalized spacial score (nSPS) is 9.79. The van der Waals surface area contributed by atoms with E-state index in [-0.39, 0.29) is 5.91 Å². The number of amides is 1. The van der Waals surface area contributed by atoms with E-state index in [1.165, 1.54) is 7.11 Å². The van der Waals surface area contributed by atoms with Crippen LogP contribution in [0, 0.1) is 0 Å². The first-order chi connectivity index (χ1) is 9.08. The van der Waals surface area contributed by atoms with Gasteiger partial charge in [0.1, 0.15) is 0 Å². The number of hydrogen-bond donors (Lipinski definition) is 2. The molecule has 0 atom stereocenters. The second kappa shape index (κ2) is 7.58. The van der Waals surface area contributed by atoms with Crippen LogP contribution >= 0.6 is 12.2 Å². The van der Waals surface area contributed by atoms with E-state index in [2.05, 4.69) is 5.32 Å². The molecule has 0 aliphatic rings. The summed E-state index contributed by atoms with van der Waals surface area (Å²) in [5.41, 5.74) is 5.90. The van der Waals surface area contributed by atoms with Crippen molar-refractivity contribution in [2.24, 2.45) is 5.73 Å². The van der Waals surface area contributed by atoms with Gasteiger partial charge in [0.05, 0.1) is 19.2 Å². The molecule has 0 radical (unpaired) electrons. The first kappa shape index (κ1) is 15.2. The lowest BCUT2D eigenvalue weighted by molar-refractivity contribution is 0.0953. The van der Waals surface area contributed by atoms with Gasteiger partial charge in [0.25, 0.3) is 5.91 Å². The number of hydrogen-bond acceptors (Lipinski definition) is 4. The number of carbonyl (C=O) groups is 1. The largest absolute Gasteiger partial charge is 0.493 e. The fraction of sp³-hybridized carbons (Fsp3) is 0.385. The summed E-state index contributed by atoms with van der Waals surface area (Å²) in [7, 11) is 3.08. The smallest absolute Gasteiger partial charge is 0.251 e. The molecule has 1 aromatic carbocycles. The molecule has 0 aliphatic heterocycles. The summed E-state index contributed by atoms with van der Waals surface area (Å²) in [5.74, 6) is 0.953. The highest BCUT2D eigenvalue weighted by atomic mass is 32.1. The Morgan fingerprint density at radius 1 is 1.32 bits per heavy atom. The minimum Gasteiger partial charge on any atom is -0.493 e. The predicted octanol–water partition coefficient (Wildman–Crippen LogP) is 1.50. The summed E-state index contributed by atoms with van der Waals surface area (Å²) >= 11 is 4.76. The van der Waals surface area contributed by atoms with Gasteiger partial charge < -0.3 is 20.5 Å². The Balaban J connectivity index is 2.59. The van der Waals surface area contributed by atoms with Crippen molar-refractivity contribution in [1.29, 1.82) is 0 Å². The minimum absolute atomic E-state index is 0.163. The van der Waals surface area contributed by atoms with Crippen LogP contribution in [0.1, 0.15) is 23.2 Å². The molecule has 1 rings (SSSR count). The van der Waals surface area contributed by atoms with Crippen molar-refractivity contribution in [3.05, 3.63) is 23.8 Å². The van der Waals surface area contributed by atoms with E-state index in [1.807, 2.05) is 0 Å². The Morgan fingerprint density at radius 3 is 2.58 bits per heavy atom. The van der Waals surface area contributed by atoms with E-state index in [0.29, 0.717) is 35.0 Å². The molecular weight excluding hydrogens is 264 g/mol. The van der Waals surface area contributed by atoms with E-state index < -0.39 is 0 Å². The molecule has 0 saturated carbocycles. The van der Waals surface area contributed by atoms with Crippen LogP contribution in [0.15, 0.2) is 18.2 Å². The van der Waals surface area contributed by atoms with Gasteiger partial charge in [-0.15, -0.1) is 0 Å². The molecule has 0 unspecified atom stereocenters. The Morgan fingerprint density at radius 2 is 2.00 bits per heavy atom. The Hall–Kier alpha value is -1.82. The van der Waals surface area contributed by atoms with E-state index in [0.717, 1.165) is 6.42 Å². The number of rotatable bonds is 7. The zero-order valence-electron chi connectivity index (χ0n) is 11.1. The number of carbonyl (C=O) groups excluding carboxylic acids is 1. The fourth-order valence-corrected chi connectivity index (χ4v) is 1.69. The minimum atomic E-state index is -0.163. The van der Waals surface area contributed by atoms with E-state index in [4.69, 9.17) is 27.4 Å². The maximum atomic E-state index is 11.9. The molecule has 1 amide bonds. The van der Waals surface area contributed by atoms with Gasteiger partial charge in [-0.25, -0.2) is 0 Å². The Labute approximate surface area is 118 Å². The highest BCUT2D eigenvalue weighted by Crippen LogP contribution is 2.27. The standard InChI is InChI=1S/C13H18N2O3S/c1-17-10-6-5-9(8-11(10)18-2)13(16)15-7-3-4-12(14)19/h5-6,8H,3-4,7H2,1-2H3,(H2,14,19)(H,15,16). The summed E-state index contributed by atoms with van der Waals surface area (Å²) in [6.45, 7) is 0.532. The maximum absolute atomic E-state index is 11.9. The number of methoxy groups -OCH3 is 2. The number of thiocarbonyl (C=S) groups is 1. The van der Waals surface area contributed by atoms with Gasteiger partial charge in [-0.2, -0.15) is 0 Å². The first-order valence-corrected chi connectivity index (χ1v) is 6.28. The van der Waals surface area contributed by atoms with E-state index in [9.17, 15) is 4.79 Å². The molecule has 3 N–H and O–H groups in total. The first-order valence-electron chi connectivity index (χ1n) is 5.87. The molecule has 5 nitrogen and oxygen atoms in total. The highest BCUT2D eigenvalue weighted by Gasteiger charge is 2.10. The molecular formula is C13H18N2O3S.